The molecule has 1 aromatic rings. The summed E-state index contributed by atoms with van der Waals surface area (Å²) in [4.78, 5) is 9.54. The van der Waals surface area contributed by atoms with Crippen molar-refractivity contribution in [3.8, 4) is 5.75 Å². The van der Waals surface area contributed by atoms with E-state index in [2.05, 4.69) is 0 Å². The molecule has 0 saturated carbocycles. The SMILES string of the molecule is O=[N+]([O-])c1ccc(OCCCCO)cc1F. The van der Waals surface area contributed by atoms with Gasteiger partial charge in [-0.05, 0) is 18.9 Å². The summed E-state index contributed by atoms with van der Waals surface area (Å²) in [5.41, 5.74) is -0.567. The lowest BCUT2D eigenvalue weighted by molar-refractivity contribution is -0.387. The molecule has 0 spiro atoms. The molecule has 0 radical (unpaired) electrons. The van der Waals surface area contributed by atoms with Gasteiger partial charge in [-0.2, -0.15) is 4.39 Å². The topological polar surface area (TPSA) is 72.6 Å². The minimum absolute atomic E-state index is 0.0813. The number of unbranched alkanes of at least 4 members (excludes halogenated alkanes) is 1. The van der Waals surface area contributed by atoms with E-state index in [9.17, 15) is 14.5 Å². The van der Waals surface area contributed by atoms with Gasteiger partial charge in [0, 0.05) is 18.7 Å². The molecule has 16 heavy (non-hydrogen) atoms. The van der Waals surface area contributed by atoms with Crippen molar-refractivity contribution in [3.05, 3.63) is 34.1 Å². The predicted molar refractivity (Wildman–Crippen MR) is 54.9 cm³/mol. The molecule has 88 valence electrons. The average Bonchev–Trinajstić information content (AvgIpc) is 2.24. The summed E-state index contributed by atoms with van der Waals surface area (Å²) in [7, 11) is 0. The lowest BCUT2D eigenvalue weighted by atomic mass is 10.3. The van der Waals surface area contributed by atoms with Crippen molar-refractivity contribution in [2.24, 2.45) is 0 Å². The van der Waals surface area contributed by atoms with E-state index in [4.69, 9.17) is 9.84 Å². The number of rotatable bonds is 6. The van der Waals surface area contributed by atoms with E-state index < -0.39 is 16.4 Å². The third-order valence-corrected chi connectivity index (χ3v) is 1.94. The van der Waals surface area contributed by atoms with Crippen LogP contribution in [-0.4, -0.2) is 23.2 Å². The molecule has 0 bridgehead atoms. The highest BCUT2D eigenvalue weighted by molar-refractivity contribution is 5.37. The minimum atomic E-state index is -0.912. The van der Waals surface area contributed by atoms with Gasteiger partial charge in [0.05, 0.1) is 11.5 Å². The first kappa shape index (κ1) is 12.4. The van der Waals surface area contributed by atoms with Crippen LogP contribution >= 0.6 is 0 Å². The maximum Gasteiger partial charge on any atom is 0.305 e. The van der Waals surface area contributed by atoms with Crippen LogP contribution in [0.3, 0.4) is 0 Å². The molecule has 1 aromatic carbocycles. The summed E-state index contributed by atoms with van der Waals surface area (Å²) < 4.78 is 18.3. The third-order valence-electron chi connectivity index (χ3n) is 1.94. The highest BCUT2D eigenvalue weighted by Gasteiger charge is 2.13. The minimum Gasteiger partial charge on any atom is -0.493 e. The Kier molecular flexibility index (Phi) is 4.65. The third kappa shape index (κ3) is 3.47. The summed E-state index contributed by atoms with van der Waals surface area (Å²) >= 11 is 0. The smallest absolute Gasteiger partial charge is 0.305 e. The first-order valence-corrected chi connectivity index (χ1v) is 4.82. The van der Waals surface area contributed by atoms with Crippen LogP contribution in [0, 0.1) is 15.9 Å². The van der Waals surface area contributed by atoms with Crippen LogP contribution in [0.4, 0.5) is 10.1 Å². The standard InChI is InChI=1S/C10H12FNO4/c11-9-7-8(16-6-2-1-5-13)3-4-10(9)12(14)15/h3-4,7,13H,1-2,5-6H2. The van der Waals surface area contributed by atoms with Crippen LogP contribution in [0.5, 0.6) is 5.75 Å². The van der Waals surface area contributed by atoms with Crippen molar-refractivity contribution in [2.75, 3.05) is 13.2 Å². The van der Waals surface area contributed by atoms with E-state index in [-0.39, 0.29) is 12.4 Å². The van der Waals surface area contributed by atoms with Gasteiger partial charge in [0.2, 0.25) is 5.82 Å². The van der Waals surface area contributed by atoms with Gasteiger partial charge in [-0.3, -0.25) is 10.1 Å². The van der Waals surface area contributed by atoms with Crippen molar-refractivity contribution in [2.45, 2.75) is 12.8 Å². The maximum absolute atomic E-state index is 13.1. The van der Waals surface area contributed by atoms with Crippen molar-refractivity contribution >= 4 is 5.69 Å². The Morgan fingerprint density at radius 3 is 2.75 bits per heavy atom. The number of aliphatic hydroxyl groups excluding tert-OH is 1. The normalized spacial score (nSPS) is 10.1. The highest BCUT2D eigenvalue weighted by atomic mass is 19.1. The monoisotopic (exact) mass is 229 g/mol. The Morgan fingerprint density at radius 2 is 2.19 bits per heavy atom. The summed E-state index contributed by atoms with van der Waals surface area (Å²) in [5.74, 6) is -0.661. The van der Waals surface area contributed by atoms with Crippen LogP contribution < -0.4 is 4.74 Å². The molecule has 0 aliphatic heterocycles. The van der Waals surface area contributed by atoms with Crippen LogP contribution in [0.2, 0.25) is 0 Å². The number of nitrogens with zero attached hydrogens (tertiary/aromatic N) is 1. The van der Waals surface area contributed by atoms with Gasteiger partial charge in [-0.15, -0.1) is 0 Å². The molecule has 0 aromatic heterocycles. The first-order chi connectivity index (χ1) is 7.65. The van der Waals surface area contributed by atoms with Gasteiger partial charge in [-0.1, -0.05) is 0 Å². The average molecular weight is 229 g/mol. The van der Waals surface area contributed by atoms with Gasteiger partial charge in [0.1, 0.15) is 5.75 Å². The molecule has 0 unspecified atom stereocenters. The van der Waals surface area contributed by atoms with E-state index in [0.29, 0.717) is 19.4 Å². The first-order valence-electron chi connectivity index (χ1n) is 4.82. The molecule has 1 N–H and O–H groups in total. The fourth-order valence-electron chi connectivity index (χ4n) is 1.13. The van der Waals surface area contributed by atoms with E-state index in [1.807, 2.05) is 0 Å². The number of ether oxygens (including phenoxy) is 1. The zero-order valence-corrected chi connectivity index (χ0v) is 8.56. The fourth-order valence-corrected chi connectivity index (χ4v) is 1.13. The molecule has 0 fully saturated rings. The van der Waals surface area contributed by atoms with Gasteiger partial charge < -0.3 is 9.84 Å². The van der Waals surface area contributed by atoms with Crippen molar-refractivity contribution in [1.29, 1.82) is 0 Å². The van der Waals surface area contributed by atoms with E-state index >= 15 is 0 Å². The van der Waals surface area contributed by atoms with Crippen molar-refractivity contribution in [1.82, 2.24) is 0 Å². The lowest BCUT2D eigenvalue weighted by Gasteiger charge is -2.05. The molecule has 0 atom stereocenters. The van der Waals surface area contributed by atoms with Crippen LogP contribution in [0.1, 0.15) is 12.8 Å². The van der Waals surface area contributed by atoms with Gasteiger partial charge in [-0.25, -0.2) is 0 Å². The summed E-state index contributed by atoms with van der Waals surface area (Å²) in [6.07, 6.45) is 1.25. The number of hydrogen-bond acceptors (Lipinski definition) is 4. The van der Waals surface area contributed by atoms with E-state index in [1.165, 1.54) is 6.07 Å². The number of halogens is 1. The summed E-state index contributed by atoms with van der Waals surface area (Å²) in [5, 5.41) is 18.8. The van der Waals surface area contributed by atoms with Crippen LogP contribution in [0.15, 0.2) is 18.2 Å². The van der Waals surface area contributed by atoms with Crippen LogP contribution in [-0.2, 0) is 0 Å². The number of nitro groups is 1. The second-order valence-corrected chi connectivity index (χ2v) is 3.15. The Morgan fingerprint density at radius 1 is 1.44 bits per heavy atom. The zero-order valence-electron chi connectivity index (χ0n) is 8.56. The molecule has 0 aliphatic rings. The largest absolute Gasteiger partial charge is 0.493 e. The van der Waals surface area contributed by atoms with Gasteiger partial charge in [0.15, 0.2) is 0 Å². The van der Waals surface area contributed by atoms with E-state index in [1.54, 1.807) is 0 Å². The molecular weight excluding hydrogens is 217 g/mol. The maximum atomic E-state index is 13.1. The molecule has 0 heterocycles. The lowest BCUT2D eigenvalue weighted by Crippen LogP contribution is -2.00. The highest BCUT2D eigenvalue weighted by Crippen LogP contribution is 2.22. The Hall–Kier alpha value is -1.69. The quantitative estimate of drug-likeness (QED) is 0.459. The molecule has 1 rings (SSSR count). The number of aliphatic hydroxyl groups is 1. The number of hydrogen-bond donors (Lipinski definition) is 1. The number of nitro benzene ring substituents is 1. The van der Waals surface area contributed by atoms with Crippen molar-refractivity contribution < 1.29 is 19.2 Å². The summed E-state index contributed by atoms with van der Waals surface area (Å²) in [6, 6.07) is 3.40. The molecule has 0 saturated heterocycles. The fraction of sp³-hybridized carbons (Fsp3) is 0.400. The van der Waals surface area contributed by atoms with E-state index in [0.717, 1.165) is 12.1 Å². The van der Waals surface area contributed by atoms with Crippen molar-refractivity contribution in [3.63, 3.8) is 0 Å². The molecule has 6 heteroatoms. The molecule has 0 aliphatic carbocycles. The molecule has 0 amide bonds. The van der Waals surface area contributed by atoms with Gasteiger partial charge >= 0.3 is 5.69 Å². The second kappa shape index (κ2) is 6.02. The Bertz CT molecular complexity index is 370. The zero-order chi connectivity index (χ0) is 12.0. The summed E-state index contributed by atoms with van der Waals surface area (Å²) in [6.45, 7) is 0.426. The molecular formula is C10H12FNO4. The molecule has 5 nitrogen and oxygen atoms in total. The Balaban J connectivity index is 2.56. The number of benzene rings is 1. The predicted octanol–water partition coefficient (Wildman–Crippen LogP) is 1.89. The Labute approximate surface area is 91.6 Å². The van der Waals surface area contributed by atoms with Crippen LogP contribution in [0.25, 0.3) is 0 Å². The van der Waals surface area contributed by atoms with Gasteiger partial charge in [0.25, 0.3) is 0 Å². The second-order valence-electron chi connectivity index (χ2n) is 3.15.